The highest BCUT2D eigenvalue weighted by molar-refractivity contribution is 6.31. The van der Waals surface area contributed by atoms with Gasteiger partial charge in [-0.2, -0.15) is 0 Å². The summed E-state index contributed by atoms with van der Waals surface area (Å²) in [6.45, 7) is 0. The first kappa shape index (κ1) is 14.3. The fourth-order valence-electron chi connectivity index (χ4n) is 1.90. The molecule has 1 aromatic heterocycles. The Balaban J connectivity index is 1.81. The van der Waals surface area contributed by atoms with E-state index >= 15 is 0 Å². The molecule has 3 aromatic rings. The Hall–Kier alpha value is -2.66. The summed E-state index contributed by atoms with van der Waals surface area (Å²) >= 11 is 5.78. The van der Waals surface area contributed by atoms with Crippen LogP contribution in [0.15, 0.2) is 59.1 Å². The van der Waals surface area contributed by atoms with E-state index in [1.54, 1.807) is 0 Å². The Morgan fingerprint density at radius 3 is 2.68 bits per heavy atom. The van der Waals surface area contributed by atoms with Gasteiger partial charge in [-0.3, -0.25) is 4.79 Å². The maximum atomic E-state index is 13.6. The second-order valence-electron chi connectivity index (χ2n) is 4.52. The number of carbonyl (C=O) groups excluding carboxylic acids is 1. The average Bonchev–Trinajstić information content (AvgIpc) is 3.02. The second-order valence-corrected chi connectivity index (χ2v) is 4.96. The summed E-state index contributed by atoms with van der Waals surface area (Å²) in [7, 11) is 0. The zero-order valence-electron chi connectivity index (χ0n) is 11.2. The number of rotatable bonds is 3. The number of halogens is 2. The molecule has 110 valence electrons. The lowest BCUT2D eigenvalue weighted by Gasteiger charge is -2.04. The third kappa shape index (κ3) is 2.99. The molecule has 0 aliphatic rings. The van der Waals surface area contributed by atoms with Crippen molar-refractivity contribution in [1.82, 2.24) is 5.16 Å². The van der Waals surface area contributed by atoms with E-state index in [2.05, 4.69) is 10.5 Å². The predicted octanol–water partition coefficient (Wildman–Crippen LogP) is 4.39. The Bertz CT molecular complexity index is 818. The van der Waals surface area contributed by atoms with Crippen LogP contribution in [-0.2, 0) is 0 Å². The molecular formula is C16H10ClFN2O2. The van der Waals surface area contributed by atoms with Gasteiger partial charge in [0.15, 0.2) is 0 Å². The summed E-state index contributed by atoms with van der Waals surface area (Å²) in [5.41, 5.74) is 1.33. The standard InChI is InChI=1S/C16H10ClFN2O2/c17-11-6-7-12(18)14(8-11)19-16(21)15-9-13(20-22-15)10-4-2-1-3-5-10/h1-9H,(H,19,21). The van der Waals surface area contributed by atoms with Gasteiger partial charge in [-0.15, -0.1) is 0 Å². The molecule has 3 rings (SSSR count). The minimum atomic E-state index is -0.601. The Labute approximate surface area is 130 Å². The van der Waals surface area contributed by atoms with Crippen molar-refractivity contribution in [2.45, 2.75) is 0 Å². The minimum Gasteiger partial charge on any atom is -0.350 e. The second kappa shape index (κ2) is 5.99. The lowest BCUT2D eigenvalue weighted by molar-refractivity contribution is 0.0987. The maximum Gasteiger partial charge on any atom is 0.294 e. The Morgan fingerprint density at radius 2 is 1.91 bits per heavy atom. The van der Waals surface area contributed by atoms with Crippen LogP contribution in [0, 0.1) is 5.82 Å². The van der Waals surface area contributed by atoms with Gasteiger partial charge in [0, 0.05) is 16.7 Å². The van der Waals surface area contributed by atoms with Gasteiger partial charge >= 0.3 is 0 Å². The third-order valence-corrected chi connectivity index (χ3v) is 3.22. The summed E-state index contributed by atoms with van der Waals surface area (Å²) in [6.07, 6.45) is 0. The van der Waals surface area contributed by atoms with Crippen LogP contribution in [0.25, 0.3) is 11.3 Å². The van der Waals surface area contributed by atoms with Gasteiger partial charge in [0.1, 0.15) is 11.5 Å². The zero-order valence-corrected chi connectivity index (χ0v) is 12.0. The van der Waals surface area contributed by atoms with Crippen LogP contribution in [0.5, 0.6) is 0 Å². The molecule has 1 amide bonds. The van der Waals surface area contributed by atoms with Gasteiger partial charge in [0.2, 0.25) is 5.76 Å². The molecule has 0 spiro atoms. The van der Waals surface area contributed by atoms with Crippen molar-refractivity contribution >= 4 is 23.2 Å². The van der Waals surface area contributed by atoms with Crippen molar-refractivity contribution in [3.05, 3.63) is 71.2 Å². The molecule has 0 fully saturated rings. The van der Waals surface area contributed by atoms with E-state index in [1.807, 2.05) is 30.3 Å². The van der Waals surface area contributed by atoms with Gasteiger partial charge in [0.05, 0.1) is 5.69 Å². The van der Waals surface area contributed by atoms with E-state index in [1.165, 1.54) is 24.3 Å². The van der Waals surface area contributed by atoms with Crippen LogP contribution >= 0.6 is 11.6 Å². The smallest absolute Gasteiger partial charge is 0.294 e. The SMILES string of the molecule is O=C(Nc1cc(Cl)ccc1F)c1cc(-c2ccccc2)no1. The van der Waals surface area contributed by atoms with Crippen molar-refractivity contribution in [1.29, 1.82) is 0 Å². The number of nitrogens with zero attached hydrogens (tertiary/aromatic N) is 1. The van der Waals surface area contributed by atoms with Crippen LogP contribution in [0.1, 0.15) is 10.6 Å². The normalized spacial score (nSPS) is 10.5. The molecule has 0 atom stereocenters. The first-order valence-electron chi connectivity index (χ1n) is 6.42. The summed E-state index contributed by atoms with van der Waals surface area (Å²) < 4.78 is 18.6. The van der Waals surface area contributed by atoms with Crippen LogP contribution < -0.4 is 5.32 Å². The summed E-state index contributed by atoms with van der Waals surface area (Å²) in [5, 5.41) is 6.55. The van der Waals surface area contributed by atoms with Crippen LogP contribution in [0.2, 0.25) is 5.02 Å². The van der Waals surface area contributed by atoms with Gasteiger partial charge in [0.25, 0.3) is 5.91 Å². The Kier molecular flexibility index (Phi) is 3.89. The van der Waals surface area contributed by atoms with E-state index in [0.717, 1.165) is 5.56 Å². The number of amides is 1. The van der Waals surface area contributed by atoms with Gasteiger partial charge < -0.3 is 9.84 Å². The van der Waals surface area contributed by atoms with Crippen molar-refractivity contribution in [3.63, 3.8) is 0 Å². The van der Waals surface area contributed by atoms with Gasteiger partial charge in [-0.05, 0) is 18.2 Å². The van der Waals surface area contributed by atoms with Crippen LogP contribution in [0.4, 0.5) is 10.1 Å². The molecule has 6 heteroatoms. The lowest BCUT2D eigenvalue weighted by atomic mass is 10.1. The molecule has 0 aliphatic heterocycles. The van der Waals surface area contributed by atoms with Crippen molar-refractivity contribution in [2.75, 3.05) is 5.32 Å². The van der Waals surface area contributed by atoms with E-state index in [0.29, 0.717) is 10.7 Å². The molecule has 0 saturated carbocycles. The molecule has 2 aromatic carbocycles. The molecule has 4 nitrogen and oxygen atoms in total. The van der Waals surface area contributed by atoms with E-state index in [-0.39, 0.29) is 11.4 Å². The van der Waals surface area contributed by atoms with Crippen LogP contribution in [0.3, 0.4) is 0 Å². The highest BCUT2D eigenvalue weighted by Crippen LogP contribution is 2.22. The quantitative estimate of drug-likeness (QED) is 0.779. The first-order valence-corrected chi connectivity index (χ1v) is 6.80. The average molecular weight is 317 g/mol. The molecule has 0 bridgehead atoms. The summed E-state index contributed by atoms with van der Waals surface area (Å²) in [4.78, 5) is 12.1. The van der Waals surface area contributed by atoms with Crippen molar-refractivity contribution in [2.24, 2.45) is 0 Å². The molecule has 1 heterocycles. The predicted molar refractivity (Wildman–Crippen MR) is 81.3 cm³/mol. The number of anilines is 1. The van der Waals surface area contributed by atoms with Crippen LogP contribution in [-0.4, -0.2) is 11.1 Å². The zero-order chi connectivity index (χ0) is 15.5. The van der Waals surface area contributed by atoms with E-state index < -0.39 is 11.7 Å². The first-order chi connectivity index (χ1) is 10.6. The highest BCUT2D eigenvalue weighted by atomic mass is 35.5. The monoisotopic (exact) mass is 316 g/mol. The topological polar surface area (TPSA) is 55.1 Å². The lowest BCUT2D eigenvalue weighted by Crippen LogP contribution is -2.12. The minimum absolute atomic E-state index is 0.0155. The largest absolute Gasteiger partial charge is 0.350 e. The molecule has 0 radical (unpaired) electrons. The highest BCUT2D eigenvalue weighted by Gasteiger charge is 2.16. The molecule has 0 aliphatic carbocycles. The Morgan fingerprint density at radius 1 is 1.14 bits per heavy atom. The molecule has 0 saturated heterocycles. The molecular weight excluding hydrogens is 307 g/mol. The summed E-state index contributed by atoms with van der Waals surface area (Å²) in [5.74, 6) is -1.20. The molecule has 0 unspecified atom stereocenters. The molecule has 1 N–H and O–H groups in total. The van der Waals surface area contributed by atoms with Crippen molar-refractivity contribution in [3.8, 4) is 11.3 Å². The number of hydrogen-bond donors (Lipinski definition) is 1. The number of benzene rings is 2. The third-order valence-electron chi connectivity index (χ3n) is 2.98. The maximum absolute atomic E-state index is 13.6. The fourth-order valence-corrected chi connectivity index (χ4v) is 2.08. The van der Waals surface area contributed by atoms with E-state index in [9.17, 15) is 9.18 Å². The van der Waals surface area contributed by atoms with Crippen molar-refractivity contribution < 1.29 is 13.7 Å². The number of carbonyl (C=O) groups is 1. The number of aromatic nitrogens is 1. The fraction of sp³-hybridized carbons (Fsp3) is 0. The molecule has 22 heavy (non-hydrogen) atoms. The number of hydrogen-bond acceptors (Lipinski definition) is 3. The van der Waals surface area contributed by atoms with Gasteiger partial charge in [-0.1, -0.05) is 47.1 Å². The van der Waals surface area contributed by atoms with Gasteiger partial charge in [-0.25, -0.2) is 4.39 Å². The van der Waals surface area contributed by atoms with E-state index in [4.69, 9.17) is 16.1 Å². The summed E-state index contributed by atoms with van der Waals surface area (Å²) in [6, 6.07) is 14.7. The number of nitrogens with one attached hydrogen (secondary N) is 1.